The van der Waals surface area contributed by atoms with Crippen LogP contribution in [0.2, 0.25) is 0 Å². The summed E-state index contributed by atoms with van der Waals surface area (Å²) < 4.78 is 0. The van der Waals surface area contributed by atoms with Crippen LogP contribution in [0.4, 0.5) is 4.79 Å². The van der Waals surface area contributed by atoms with Gasteiger partial charge in [0.05, 0.1) is 6.04 Å². The first-order chi connectivity index (χ1) is 7.33. The van der Waals surface area contributed by atoms with Gasteiger partial charge in [0.25, 0.3) is 0 Å². The molecule has 1 heterocycles. The minimum absolute atomic E-state index is 0.0636. The van der Waals surface area contributed by atoms with Crippen LogP contribution in [-0.4, -0.2) is 12.6 Å². The van der Waals surface area contributed by atoms with E-state index in [0.717, 1.165) is 5.92 Å². The van der Waals surface area contributed by atoms with E-state index in [4.69, 9.17) is 0 Å². The molecule has 1 atom stereocenters. The normalized spacial score (nSPS) is 24.8. The summed E-state index contributed by atoms with van der Waals surface area (Å²) >= 11 is 0. The predicted molar refractivity (Wildman–Crippen MR) is 57.7 cm³/mol. The number of urea groups is 1. The molecule has 0 spiro atoms. The van der Waals surface area contributed by atoms with Crippen LogP contribution in [-0.2, 0) is 0 Å². The van der Waals surface area contributed by atoms with Gasteiger partial charge >= 0.3 is 6.03 Å². The molecule has 3 rings (SSSR count). The highest BCUT2D eigenvalue weighted by molar-refractivity contribution is 5.76. The van der Waals surface area contributed by atoms with E-state index >= 15 is 0 Å². The van der Waals surface area contributed by atoms with Gasteiger partial charge in [-0.1, -0.05) is 24.3 Å². The van der Waals surface area contributed by atoms with Crippen molar-refractivity contribution in [3.05, 3.63) is 35.4 Å². The van der Waals surface area contributed by atoms with Crippen LogP contribution in [0.5, 0.6) is 0 Å². The summed E-state index contributed by atoms with van der Waals surface area (Å²) in [6.45, 7) is 0.696. The average Bonchev–Trinajstić information content (AvgIpc) is 3.02. The highest BCUT2D eigenvalue weighted by atomic mass is 16.2. The van der Waals surface area contributed by atoms with E-state index < -0.39 is 0 Å². The number of carbonyl (C=O) groups is 1. The van der Waals surface area contributed by atoms with Crippen molar-refractivity contribution in [2.45, 2.75) is 24.8 Å². The third-order valence-corrected chi connectivity index (χ3v) is 3.16. The number of hydrogen-bond donors (Lipinski definition) is 2. The lowest BCUT2D eigenvalue weighted by Gasteiger charge is -2.09. The molecule has 1 aliphatic carbocycles. The fourth-order valence-corrected chi connectivity index (χ4v) is 2.07. The van der Waals surface area contributed by atoms with Crippen LogP contribution in [0, 0.1) is 0 Å². The van der Waals surface area contributed by atoms with Gasteiger partial charge in [0.15, 0.2) is 0 Å². The molecule has 1 aromatic rings. The quantitative estimate of drug-likeness (QED) is 0.755. The summed E-state index contributed by atoms with van der Waals surface area (Å²) in [4.78, 5) is 11.0. The van der Waals surface area contributed by atoms with E-state index in [-0.39, 0.29) is 12.1 Å². The first-order valence-electron chi connectivity index (χ1n) is 5.47. The molecule has 1 saturated carbocycles. The van der Waals surface area contributed by atoms with Crippen LogP contribution >= 0.6 is 0 Å². The van der Waals surface area contributed by atoms with Crippen LogP contribution < -0.4 is 10.6 Å². The van der Waals surface area contributed by atoms with Gasteiger partial charge in [0.2, 0.25) is 0 Å². The Kier molecular flexibility index (Phi) is 1.91. The number of hydrogen-bond acceptors (Lipinski definition) is 1. The lowest BCUT2D eigenvalue weighted by molar-refractivity contribution is 0.247. The molecule has 78 valence electrons. The standard InChI is InChI=1S/C12H14N2O/c15-12-13-7-11(14-12)10-5-3-9(4-6-10)8-1-2-8/h3-6,8,11H,1-2,7H2,(H2,13,14,15). The van der Waals surface area contributed by atoms with Crippen molar-refractivity contribution in [3.8, 4) is 0 Å². The maximum atomic E-state index is 11.0. The Morgan fingerprint density at radius 2 is 1.73 bits per heavy atom. The number of rotatable bonds is 2. The SMILES string of the molecule is O=C1NCC(c2ccc(C3CC3)cc2)N1. The zero-order valence-corrected chi connectivity index (χ0v) is 8.49. The Hall–Kier alpha value is -1.51. The molecular weight excluding hydrogens is 188 g/mol. The molecule has 2 aliphatic rings. The van der Waals surface area contributed by atoms with Gasteiger partial charge in [-0.3, -0.25) is 0 Å². The van der Waals surface area contributed by atoms with Gasteiger partial charge in [-0.05, 0) is 29.9 Å². The van der Waals surface area contributed by atoms with E-state index in [9.17, 15) is 4.79 Å². The van der Waals surface area contributed by atoms with Gasteiger partial charge in [-0.15, -0.1) is 0 Å². The Morgan fingerprint density at radius 1 is 1.07 bits per heavy atom. The molecule has 0 radical (unpaired) electrons. The van der Waals surface area contributed by atoms with Crippen molar-refractivity contribution < 1.29 is 4.79 Å². The van der Waals surface area contributed by atoms with Gasteiger partial charge in [-0.2, -0.15) is 0 Å². The first-order valence-corrected chi connectivity index (χ1v) is 5.47. The van der Waals surface area contributed by atoms with Crippen LogP contribution in [0.1, 0.15) is 35.9 Å². The summed E-state index contributed by atoms with van der Waals surface area (Å²) in [6.07, 6.45) is 2.67. The van der Waals surface area contributed by atoms with Crippen LogP contribution in [0.3, 0.4) is 0 Å². The number of amides is 2. The molecule has 2 fully saturated rings. The molecule has 0 aromatic heterocycles. The largest absolute Gasteiger partial charge is 0.336 e. The van der Waals surface area contributed by atoms with Gasteiger partial charge in [0.1, 0.15) is 0 Å². The Morgan fingerprint density at radius 3 is 2.27 bits per heavy atom. The number of benzene rings is 1. The summed E-state index contributed by atoms with van der Waals surface area (Å²) in [6, 6.07) is 8.73. The second-order valence-corrected chi connectivity index (χ2v) is 4.35. The molecule has 3 nitrogen and oxygen atoms in total. The third-order valence-electron chi connectivity index (χ3n) is 3.16. The van der Waals surface area contributed by atoms with Crippen molar-refractivity contribution in [3.63, 3.8) is 0 Å². The average molecular weight is 202 g/mol. The second kappa shape index (κ2) is 3.26. The van der Waals surface area contributed by atoms with Gasteiger partial charge in [0, 0.05) is 6.54 Å². The summed E-state index contributed by atoms with van der Waals surface area (Å²) in [5.41, 5.74) is 2.63. The van der Waals surface area contributed by atoms with Gasteiger partial charge < -0.3 is 10.6 Å². The van der Waals surface area contributed by atoms with Crippen LogP contribution in [0.25, 0.3) is 0 Å². The molecule has 2 N–H and O–H groups in total. The van der Waals surface area contributed by atoms with Gasteiger partial charge in [-0.25, -0.2) is 4.79 Å². The van der Waals surface area contributed by atoms with Crippen molar-refractivity contribution in [2.24, 2.45) is 0 Å². The summed E-state index contributed by atoms with van der Waals surface area (Å²) in [7, 11) is 0. The molecule has 1 aromatic carbocycles. The second-order valence-electron chi connectivity index (χ2n) is 4.35. The molecule has 0 bridgehead atoms. The van der Waals surface area contributed by atoms with E-state index in [0.29, 0.717) is 6.54 Å². The topological polar surface area (TPSA) is 41.1 Å². The first kappa shape index (κ1) is 8.77. The summed E-state index contributed by atoms with van der Waals surface area (Å²) in [5.74, 6) is 0.801. The van der Waals surface area contributed by atoms with E-state index in [1.54, 1.807) is 0 Å². The molecule has 3 heteroatoms. The predicted octanol–water partition coefficient (Wildman–Crippen LogP) is 1.92. The Balaban J connectivity index is 1.77. The lowest BCUT2D eigenvalue weighted by Crippen LogP contribution is -2.21. The molecular formula is C12H14N2O. The van der Waals surface area contributed by atoms with Crippen molar-refractivity contribution in [1.82, 2.24) is 10.6 Å². The van der Waals surface area contributed by atoms with Crippen LogP contribution in [0.15, 0.2) is 24.3 Å². The minimum Gasteiger partial charge on any atom is -0.336 e. The molecule has 15 heavy (non-hydrogen) atoms. The monoisotopic (exact) mass is 202 g/mol. The zero-order chi connectivity index (χ0) is 10.3. The zero-order valence-electron chi connectivity index (χ0n) is 8.49. The number of carbonyl (C=O) groups excluding carboxylic acids is 1. The molecule has 1 saturated heterocycles. The minimum atomic E-state index is -0.0636. The van der Waals surface area contributed by atoms with E-state index in [2.05, 4.69) is 34.9 Å². The maximum absolute atomic E-state index is 11.0. The Bertz CT molecular complexity index is 381. The third kappa shape index (κ3) is 1.69. The van der Waals surface area contributed by atoms with Crippen molar-refractivity contribution >= 4 is 6.03 Å². The fraction of sp³-hybridized carbons (Fsp3) is 0.417. The fourth-order valence-electron chi connectivity index (χ4n) is 2.07. The van der Waals surface area contributed by atoms with E-state index in [1.165, 1.54) is 24.0 Å². The highest BCUT2D eigenvalue weighted by Gasteiger charge is 2.25. The maximum Gasteiger partial charge on any atom is 0.315 e. The lowest BCUT2D eigenvalue weighted by atomic mass is 10.0. The molecule has 1 aliphatic heterocycles. The Labute approximate surface area is 88.9 Å². The van der Waals surface area contributed by atoms with Crippen molar-refractivity contribution in [1.29, 1.82) is 0 Å². The number of nitrogens with one attached hydrogen (secondary N) is 2. The molecule has 1 unspecified atom stereocenters. The molecule has 2 amide bonds. The smallest absolute Gasteiger partial charge is 0.315 e. The highest BCUT2D eigenvalue weighted by Crippen LogP contribution is 2.40. The van der Waals surface area contributed by atoms with E-state index in [1.807, 2.05) is 0 Å². The van der Waals surface area contributed by atoms with Crippen molar-refractivity contribution in [2.75, 3.05) is 6.54 Å². The summed E-state index contributed by atoms with van der Waals surface area (Å²) in [5, 5.41) is 5.65.